The molecule has 0 radical (unpaired) electrons. The molecule has 0 aromatic heterocycles. The minimum absolute atomic E-state index is 0.108. The SMILES string of the molecule is C[C@H]1[C@H](c2ccccc2)[C@H](C(=O)c2ccccc2)CN(Cc2ccccc2)[C@@H]1c1ccccc1. The van der Waals surface area contributed by atoms with Crippen LogP contribution in [-0.2, 0) is 6.54 Å². The number of piperidine rings is 1. The van der Waals surface area contributed by atoms with Crippen molar-refractivity contribution >= 4 is 5.78 Å². The van der Waals surface area contributed by atoms with Gasteiger partial charge >= 0.3 is 0 Å². The third-order valence-corrected chi connectivity index (χ3v) is 7.27. The molecule has 0 amide bonds. The Morgan fingerprint density at radius 2 is 1.21 bits per heavy atom. The molecule has 0 N–H and O–H groups in total. The number of rotatable bonds is 6. The summed E-state index contributed by atoms with van der Waals surface area (Å²) >= 11 is 0. The average molecular weight is 446 g/mol. The number of benzene rings is 4. The van der Waals surface area contributed by atoms with E-state index in [4.69, 9.17) is 0 Å². The molecule has 0 unspecified atom stereocenters. The highest BCUT2D eigenvalue weighted by atomic mass is 16.1. The maximum Gasteiger partial charge on any atom is 0.167 e. The maximum atomic E-state index is 13.9. The minimum atomic E-state index is -0.108. The molecule has 4 aromatic carbocycles. The number of hydrogen-bond donors (Lipinski definition) is 0. The van der Waals surface area contributed by atoms with Crippen LogP contribution in [0.5, 0.6) is 0 Å². The van der Waals surface area contributed by atoms with E-state index in [0.717, 1.165) is 18.7 Å². The van der Waals surface area contributed by atoms with Gasteiger partial charge in [0.05, 0.1) is 0 Å². The Hall–Kier alpha value is -3.49. The van der Waals surface area contributed by atoms with E-state index < -0.39 is 0 Å². The molecule has 4 atom stereocenters. The summed E-state index contributed by atoms with van der Waals surface area (Å²) in [6, 6.07) is 42.1. The van der Waals surface area contributed by atoms with Gasteiger partial charge < -0.3 is 0 Å². The van der Waals surface area contributed by atoms with Gasteiger partial charge in [0.25, 0.3) is 0 Å². The Morgan fingerprint density at radius 1 is 0.706 bits per heavy atom. The summed E-state index contributed by atoms with van der Waals surface area (Å²) < 4.78 is 0. The summed E-state index contributed by atoms with van der Waals surface area (Å²) in [6.07, 6.45) is 0. The summed E-state index contributed by atoms with van der Waals surface area (Å²) in [7, 11) is 0. The normalized spacial score (nSPS) is 22.9. The lowest BCUT2D eigenvalue weighted by atomic mass is 9.67. The van der Waals surface area contributed by atoms with Crippen LogP contribution in [-0.4, -0.2) is 17.2 Å². The molecule has 1 fully saturated rings. The van der Waals surface area contributed by atoms with Gasteiger partial charge in [-0.25, -0.2) is 0 Å². The van der Waals surface area contributed by atoms with Crippen LogP contribution in [0.1, 0.15) is 45.9 Å². The molecule has 2 heteroatoms. The fourth-order valence-corrected chi connectivity index (χ4v) is 5.79. The van der Waals surface area contributed by atoms with E-state index >= 15 is 0 Å². The van der Waals surface area contributed by atoms with Crippen LogP contribution in [0.2, 0.25) is 0 Å². The van der Waals surface area contributed by atoms with Gasteiger partial charge in [-0.2, -0.15) is 0 Å². The molecule has 1 saturated heterocycles. The quantitative estimate of drug-likeness (QED) is 0.293. The monoisotopic (exact) mass is 445 g/mol. The second-order valence-corrected chi connectivity index (χ2v) is 9.40. The molecular weight excluding hydrogens is 414 g/mol. The van der Waals surface area contributed by atoms with Crippen molar-refractivity contribution in [1.82, 2.24) is 4.90 Å². The van der Waals surface area contributed by atoms with Crippen LogP contribution in [0.4, 0.5) is 0 Å². The van der Waals surface area contributed by atoms with Crippen molar-refractivity contribution in [2.45, 2.75) is 25.4 Å². The number of carbonyl (C=O) groups excluding carboxylic acids is 1. The number of likely N-dealkylation sites (tertiary alicyclic amines) is 1. The summed E-state index contributed by atoms with van der Waals surface area (Å²) in [6.45, 7) is 3.88. The average Bonchev–Trinajstić information content (AvgIpc) is 2.90. The lowest BCUT2D eigenvalue weighted by Crippen LogP contribution is -2.48. The first-order valence-electron chi connectivity index (χ1n) is 12.2. The minimum Gasteiger partial charge on any atom is -0.294 e. The topological polar surface area (TPSA) is 20.3 Å². The zero-order valence-corrected chi connectivity index (χ0v) is 19.6. The van der Waals surface area contributed by atoms with Crippen molar-refractivity contribution in [2.75, 3.05) is 6.54 Å². The molecule has 2 nitrogen and oxygen atoms in total. The number of Topliss-reactive ketones (excluding diaryl/α,β-unsaturated/α-hetero) is 1. The molecule has 1 aliphatic rings. The van der Waals surface area contributed by atoms with Crippen molar-refractivity contribution < 1.29 is 4.79 Å². The van der Waals surface area contributed by atoms with E-state index in [9.17, 15) is 4.79 Å². The predicted octanol–water partition coefficient (Wildman–Crippen LogP) is 7.16. The van der Waals surface area contributed by atoms with Crippen LogP contribution in [0, 0.1) is 11.8 Å². The van der Waals surface area contributed by atoms with Crippen molar-refractivity contribution in [3.63, 3.8) is 0 Å². The third-order valence-electron chi connectivity index (χ3n) is 7.27. The van der Waals surface area contributed by atoms with Gasteiger partial charge in [-0.05, 0) is 28.5 Å². The zero-order chi connectivity index (χ0) is 23.3. The van der Waals surface area contributed by atoms with Crippen LogP contribution in [0.15, 0.2) is 121 Å². The molecular formula is C32H31NO. The lowest BCUT2D eigenvalue weighted by Gasteiger charge is -2.48. The van der Waals surface area contributed by atoms with E-state index in [1.54, 1.807) is 0 Å². The highest BCUT2D eigenvalue weighted by Gasteiger charge is 2.45. The standard InChI is InChI=1S/C32H31NO/c1-24-30(26-16-8-3-9-17-26)29(32(34)28-20-12-5-13-21-28)23-33(22-25-14-6-2-7-15-25)31(24)27-18-10-4-11-19-27/h2-21,24,29-31H,22-23H2,1H3/t24-,29+,30+,31-/m0/s1. The highest BCUT2D eigenvalue weighted by Crippen LogP contribution is 2.48. The van der Waals surface area contributed by atoms with Crippen molar-refractivity contribution in [2.24, 2.45) is 11.8 Å². The molecule has 0 spiro atoms. The lowest BCUT2D eigenvalue weighted by molar-refractivity contribution is 0.0321. The molecule has 0 saturated carbocycles. The van der Waals surface area contributed by atoms with Gasteiger partial charge in [-0.3, -0.25) is 9.69 Å². The van der Waals surface area contributed by atoms with Crippen LogP contribution >= 0.6 is 0 Å². The fraction of sp³-hybridized carbons (Fsp3) is 0.219. The van der Waals surface area contributed by atoms with Gasteiger partial charge in [-0.1, -0.05) is 128 Å². The maximum absolute atomic E-state index is 13.9. The molecule has 5 rings (SSSR count). The second-order valence-electron chi connectivity index (χ2n) is 9.40. The first-order valence-corrected chi connectivity index (χ1v) is 12.2. The number of ketones is 1. The molecule has 0 aliphatic carbocycles. The molecule has 4 aromatic rings. The second kappa shape index (κ2) is 10.2. The molecule has 0 bridgehead atoms. The fourth-order valence-electron chi connectivity index (χ4n) is 5.79. The van der Waals surface area contributed by atoms with Crippen molar-refractivity contribution in [3.05, 3.63) is 144 Å². The predicted molar refractivity (Wildman–Crippen MR) is 139 cm³/mol. The van der Waals surface area contributed by atoms with E-state index in [1.165, 1.54) is 16.7 Å². The van der Waals surface area contributed by atoms with E-state index in [1.807, 2.05) is 30.3 Å². The molecule has 1 heterocycles. The highest BCUT2D eigenvalue weighted by molar-refractivity contribution is 5.98. The van der Waals surface area contributed by atoms with Gasteiger partial charge in [0.2, 0.25) is 0 Å². The van der Waals surface area contributed by atoms with E-state index in [2.05, 4.69) is 103 Å². The summed E-state index contributed by atoms with van der Waals surface area (Å²) in [5.74, 6) is 0.542. The van der Waals surface area contributed by atoms with Crippen LogP contribution < -0.4 is 0 Å². The number of nitrogens with zero attached hydrogens (tertiary/aromatic N) is 1. The Kier molecular flexibility index (Phi) is 6.69. The summed E-state index contributed by atoms with van der Waals surface area (Å²) in [4.78, 5) is 16.5. The van der Waals surface area contributed by atoms with Crippen LogP contribution in [0.25, 0.3) is 0 Å². The first kappa shape index (κ1) is 22.3. The Balaban J connectivity index is 1.59. The smallest absolute Gasteiger partial charge is 0.167 e. The van der Waals surface area contributed by atoms with Crippen LogP contribution in [0.3, 0.4) is 0 Å². The molecule has 34 heavy (non-hydrogen) atoms. The van der Waals surface area contributed by atoms with Gasteiger partial charge in [0, 0.05) is 30.6 Å². The molecule has 1 aliphatic heterocycles. The molecule has 170 valence electrons. The Morgan fingerprint density at radius 3 is 1.79 bits per heavy atom. The van der Waals surface area contributed by atoms with Crippen molar-refractivity contribution in [3.8, 4) is 0 Å². The van der Waals surface area contributed by atoms with Gasteiger partial charge in [0.1, 0.15) is 0 Å². The number of carbonyl (C=O) groups is 1. The van der Waals surface area contributed by atoms with E-state index in [-0.39, 0.29) is 29.6 Å². The zero-order valence-electron chi connectivity index (χ0n) is 19.6. The summed E-state index contributed by atoms with van der Waals surface area (Å²) in [5, 5.41) is 0. The number of hydrogen-bond acceptors (Lipinski definition) is 2. The third kappa shape index (κ3) is 4.60. The largest absolute Gasteiger partial charge is 0.294 e. The Bertz CT molecular complexity index is 1190. The van der Waals surface area contributed by atoms with Gasteiger partial charge in [-0.15, -0.1) is 0 Å². The first-order chi connectivity index (χ1) is 16.7. The van der Waals surface area contributed by atoms with E-state index in [0.29, 0.717) is 0 Å². The summed E-state index contributed by atoms with van der Waals surface area (Å²) in [5.41, 5.74) is 4.65. The Labute approximate surface area is 202 Å². The van der Waals surface area contributed by atoms with Crippen molar-refractivity contribution in [1.29, 1.82) is 0 Å². The van der Waals surface area contributed by atoms with Gasteiger partial charge in [0.15, 0.2) is 5.78 Å².